The molecule has 6 heteroatoms. The van der Waals surface area contributed by atoms with Crippen LogP contribution >= 0.6 is 0 Å². The van der Waals surface area contributed by atoms with E-state index in [1.807, 2.05) is 18.2 Å². The minimum atomic E-state index is -0.311. The average molecular weight is 297 g/mol. The molecule has 0 atom stereocenters. The van der Waals surface area contributed by atoms with E-state index in [4.69, 9.17) is 4.42 Å². The number of amides is 1. The number of rotatable bonds is 2. The molecule has 4 rings (SSSR count). The lowest BCUT2D eigenvalue weighted by molar-refractivity contribution is -0.130. The fourth-order valence-corrected chi connectivity index (χ4v) is 2.94. The Kier molecular flexibility index (Phi) is 2.96. The third kappa shape index (κ3) is 1.99. The molecule has 1 fully saturated rings. The van der Waals surface area contributed by atoms with Crippen LogP contribution < -0.4 is 5.56 Å². The number of furan rings is 1. The monoisotopic (exact) mass is 297 g/mol. The molecule has 22 heavy (non-hydrogen) atoms. The minimum Gasteiger partial charge on any atom is -0.448 e. The lowest BCUT2D eigenvalue weighted by atomic mass is 10.2. The summed E-state index contributed by atoms with van der Waals surface area (Å²) in [5.41, 5.74) is 1.07. The highest BCUT2D eigenvalue weighted by molar-refractivity contribution is 6.01. The van der Waals surface area contributed by atoms with Gasteiger partial charge in [0.1, 0.15) is 17.6 Å². The number of carbonyl (C=O) groups is 1. The van der Waals surface area contributed by atoms with Gasteiger partial charge in [0, 0.05) is 18.5 Å². The lowest BCUT2D eigenvalue weighted by Crippen LogP contribution is -2.34. The van der Waals surface area contributed by atoms with Crippen molar-refractivity contribution in [3.8, 4) is 0 Å². The number of benzene rings is 1. The van der Waals surface area contributed by atoms with Gasteiger partial charge in [-0.3, -0.25) is 14.2 Å². The maximum Gasteiger partial charge on any atom is 0.297 e. The molecule has 0 unspecified atom stereocenters. The van der Waals surface area contributed by atoms with Crippen LogP contribution in [0.4, 0.5) is 0 Å². The maximum absolute atomic E-state index is 12.5. The van der Waals surface area contributed by atoms with Crippen molar-refractivity contribution in [3.63, 3.8) is 0 Å². The molecule has 0 saturated carbocycles. The number of hydrogen-bond acceptors (Lipinski definition) is 4. The quantitative estimate of drug-likeness (QED) is 0.723. The maximum atomic E-state index is 12.5. The molecular formula is C16H15N3O3. The highest BCUT2D eigenvalue weighted by atomic mass is 16.3. The molecule has 0 spiro atoms. The van der Waals surface area contributed by atoms with Gasteiger partial charge in [0.05, 0.1) is 6.33 Å². The third-order valence-corrected chi connectivity index (χ3v) is 4.11. The van der Waals surface area contributed by atoms with Crippen molar-refractivity contribution in [3.05, 3.63) is 40.9 Å². The summed E-state index contributed by atoms with van der Waals surface area (Å²) in [4.78, 5) is 30.8. The zero-order valence-electron chi connectivity index (χ0n) is 12.0. The molecule has 1 aliphatic heterocycles. The second-order valence-electron chi connectivity index (χ2n) is 5.54. The fraction of sp³-hybridized carbons (Fsp3) is 0.312. The summed E-state index contributed by atoms with van der Waals surface area (Å²) in [6.45, 7) is 1.56. The number of aromatic nitrogens is 2. The number of likely N-dealkylation sites (tertiary alicyclic amines) is 1. The third-order valence-electron chi connectivity index (χ3n) is 4.11. The SMILES string of the molecule is O=C(Cn1cnc2c(oc3ccccc32)c1=O)N1CCCC1. The van der Waals surface area contributed by atoms with Crippen LogP contribution in [0.2, 0.25) is 0 Å². The predicted octanol–water partition coefficient (Wildman–Crippen LogP) is 1.77. The van der Waals surface area contributed by atoms with Crippen LogP contribution in [-0.4, -0.2) is 33.4 Å². The normalized spacial score (nSPS) is 15.0. The highest BCUT2D eigenvalue weighted by Crippen LogP contribution is 2.24. The fourth-order valence-electron chi connectivity index (χ4n) is 2.94. The number of nitrogens with zero attached hydrogens (tertiary/aromatic N) is 3. The molecule has 1 aromatic carbocycles. The van der Waals surface area contributed by atoms with Crippen molar-refractivity contribution in [1.82, 2.24) is 14.5 Å². The van der Waals surface area contributed by atoms with E-state index < -0.39 is 0 Å². The van der Waals surface area contributed by atoms with Crippen LogP contribution in [0.25, 0.3) is 22.1 Å². The summed E-state index contributed by atoms with van der Waals surface area (Å²) in [7, 11) is 0. The standard InChI is InChI=1S/C16H15N3O3/c20-13(18-7-3-4-8-18)9-19-10-17-14-11-5-1-2-6-12(11)22-15(14)16(19)21/h1-2,5-6,10H,3-4,7-9H2. The van der Waals surface area contributed by atoms with Gasteiger partial charge in [-0.1, -0.05) is 12.1 Å². The molecule has 0 N–H and O–H groups in total. The minimum absolute atomic E-state index is 0.0127. The first kappa shape index (κ1) is 13.1. The molecule has 1 saturated heterocycles. The molecule has 3 heterocycles. The van der Waals surface area contributed by atoms with Gasteiger partial charge >= 0.3 is 0 Å². The Balaban J connectivity index is 1.76. The summed E-state index contributed by atoms with van der Waals surface area (Å²) in [6.07, 6.45) is 3.49. The van der Waals surface area contributed by atoms with E-state index in [1.165, 1.54) is 10.9 Å². The van der Waals surface area contributed by atoms with E-state index in [1.54, 1.807) is 11.0 Å². The van der Waals surface area contributed by atoms with Crippen molar-refractivity contribution in [2.75, 3.05) is 13.1 Å². The second kappa shape index (κ2) is 4.98. The largest absolute Gasteiger partial charge is 0.448 e. The molecule has 3 aromatic rings. The number of carbonyl (C=O) groups excluding carboxylic acids is 1. The molecule has 2 aromatic heterocycles. The molecular weight excluding hydrogens is 282 g/mol. The van der Waals surface area contributed by atoms with Gasteiger partial charge in [0.15, 0.2) is 0 Å². The van der Waals surface area contributed by atoms with Crippen molar-refractivity contribution in [2.24, 2.45) is 0 Å². The van der Waals surface area contributed by atoms with Gasteiger partial charge in [-0.05, 0) is 25.0 Å². The van der Waals surface area contributed by atoms with Gasteiger partial charge in [0.2, 0.25) is 11.5 Å². The highest BCUT2D eigenvalue weighted by Gasteiger charge is 2.20. The first-order valence-electron chi connectivity index (χ1n) is 7.38. The number of hydrogen-bond donors (Lipinski definition) is 0. The van der Waals surface area contributed by atoms with Gasteiger partial charge in [0.25, 0.3) is 5.56 Å². The number of para-hydroxylation sites is 1. The van der Waals surface area contributed by atoms with E-state index >= 15 is 0 Å². The number of fused-ring (bicyclic) bond motifs is 3. The molecule has 0 aliphatic carbocycles. The molecule has 0 bridgehead atoms. The zero-order valence-corrected chi connectivity index (χ0v) is 12.0. The van der Waals surface area contributed by atoms with Crippen molar-refractivity contribution >= 4 is 28.0 Å². The Morgan fingerprint density at radius 3 is 2.82 bits per heavy atom. The second-order valence-corrected chi connectivity index (χ2v) is 5.54. The predicted molar refractivity (Wildman–Crippen MR) is 81.6 cm³/mol. The van der Waals surface area contributed by atoms with E-state index in [9.17, 15) is 9.59 Å². The van der Waals surface area contributed by atoms with Crippen LogP contribution in [0, 0.1) is 0 Å². The Bertz CT molecular complexity index is 919. The van der Waals surface area contributed by atoms with Crippen molar-refractivity contribution in [1.29, 1.82) is 0 Å². The van der Waals surface area contributed by atoms with Crippen LogP contribution in [-0.2, 0) is 11.3 Å². The Hall–Kier alpha value is -2.63. The summed E-state index contributed by atoms with van der Waals surface area (Å²) in [5.74, 6) is -0.0446. The molecule has 1 aliphatic rings. The average Bonchev–Trinajstić information content (AvgIpc) is 3.17. The summed E-state index contributed by atoms with van der Waals surface area (Å²) in [5, 5.41) is 0.813. The van der Waals surface area contributed by atoms with E-state index in [-0.39, 0.29) is 23.6 Å². The van der Waals surface area contributed by atoms with Crippen LogP contribution in [0.15, 0.2) is 39.8 Å². The summed E-state index contributed by atoms with van der Waals surface area (Å²) in [6, 6.07) is 7.39. The van der Waals surface area contributed by atoms with Gasteiger partial charge < -0.3 is 9.32 Å². The summed E-state index contributed by atoms with van der Waals surface area (Å²) >= 11 is 0. The Morgan fingerprint density at radius 2 is 2.00 bits per heavy atom. The topological polar surface area (TPSA) is 68.3 Å². The van der Waals surface area contributed by atoms with E-state index in [0.717, 1.165) is 31.3 Å². The van der Waals surface area contributed by atoms with Crippen LogP contribution in [0.5, 0.6) is 0 Å². The molecule has 0 radical (unpaired) electrons. The first-order chi connectivity index (χ1) is 10.7. The molecule has 6 nitrogen and oxygen atoms in total. The molecule has 1 amide bonds. The lowest BCUT2D eigenvalue weighted by Gasteiger charge is -2.15. The Labute approximate surface area is 126 Å². The smallest absolute Gasteiger partial charge is 0.297 e. The van der Waals surface area contributed by atoms with Gasteiger partial charge in [-0.2, -0.15) is 0 Å². The van der Waals surface area contributed by atoms with Crippen molar-refractivity contribution in [2.45, 2.75) is 19.4 Å². The molecule has 112 valence electrons. The van der Waals surface area contributed by atoms with Gasteiger partial charge in [-0.15, -0.1) is 0 Å². The van der Waals surface area contributed by atoms with Gasteiger partial charge in [-0.25, -0.2) is 4.98 Å². The van der Waals surface area contributed by atoms with E-state index in [2.05, 4.69) is 4.98 Å². The Morgan fingerprint density at radius 1 is 1.23 bits per heavy atom. The zero-order chi connectivity index (χ0) is 15.1. The van der Waals surface area contributed by atoms with E-state index in [0.29, 0.717) is 11.1 Å². The summed E-state index contributed by atoms with van der Waals surface area (Å²) < 4.78 is 6.93. The first-order valence-corrected chi connectivity index (χ1v) is 7.38. The van der Waals surface area contributed by atoms with Crippen LogP contribution in [0.1, 0.15) is 12.8 Å². The van der Waals surface area contributed by atoms with Crippen molar-refractivity contribution < 1.29 is 9.21 Å². The van der Waals surface area contributed by atoms with Crippen LogP contribution in [0.3, 0.4) is 0 Å².